The molecular weight excluding hydrogens is 268 g/mol. The van der Waals surface area contributed by atoms with E-state index >= 15 is 0 Å². The molecule has 0 saturated carbocycles. The van der Waals surface area contributed by atoms with Crippen LogP contribution in [0.3, 0.4) is 0 Å². The molecule has 0 spiro atoms. The summed E-state index contributed by atoms with van der Waals surface area (Å²) in [5, 5.41) is 6.48. The Morgan fingerprint density at radius 2 is 2.10 bits per heavy atom. The quantitative estimate of drug-likeness (QED) is 0.900. The van der Waals surface area contributed by atoms with Crippen LogP contribution in [0.4, 0.5) is 17.5 Å². The molecule has 0 atom stereocenters. The largest absolute Gasteiger partial charge is 0.454 e. The second kappa shape index (κ2) is 5.47. The van der Waals surface area contributed by atoms with Crippen molar-refractivity contribution in [2.75, 3.05) is 17.4 Å². The highest BCUT2D eigenvalue weighted by molar-refractivity contribution is 5.70. The fourth-order valence-corrected chi connectivity index (χ4v) is 2.05. The van der Waals surface area contributed by atoms with Gasteiger partial charge < -0.3 is 20.1 Å². The van der Waals surface area contributed by atoms with Crippen molar-refractivity contribution in [3.63, 3.8) is 0 Å². The fourth-order valence-electron chi connectivity index (χ4n) is 2.05. The van der Waals surface area contributed by atoms with Gasteiger partial charge in [0.05, 0.1) is 5.69 Å². The zero-order valence-electron chi connectivity index (χ0n) is 12.3. The number of anilines is 3. The van der Waals surface area contributed by atoms with E-state index in [4.69, 9.17) is 9.47 Å². The van der Waals surface area contributed by atoms with E-state index < -0.39 is 0 Å². The summed E-state index contributed by atoms with van der Waals surface area (Å²) in [6, 6.07) is 6.01. The van der Waals surface area contributed by atoms with Crippen LogP contribution in [-0.4, -0.2) is 22.8 Å². The van der Waals surface area contributed by atoms with Gasteiger partial charge in [-0.05, 0) is 32.9 Å². The number of para-hydroxylation sites is 1. The summed E-state index contributed by atoms with van der Waals surface area (Å²) in [5.41, 5.74) is 1.79. The number of benzene rings is 1. The van der Waals surface area contributed by atoms with Gasteiger partial charge in [0.25, 0.3) is 0 Å². The Hall–Kier alpha value is -2.50. The van der Waals surface area contributed by atoms with Gasteiger partial charge in [0.15, 0.2) is 11.5 Å². The SMILES string of the molecule is Cc1cnc(NC(C)C)nc1Nc1cccc2c1OCO2. The topological polar surface area (TPSA) is 68.3 Å². The molecule has 0 aliphatic carbocycles. The first-order valence-corrected chi connectivity index (χ1v) is 6.89. The Morgan fingerprint density at radius 1 is 1.24 bits per heavy atom. The van der Waals surface area contributed by atoms with Gasteiger partial charge in [-0.15, -0.1) is 0 Å². The Labute approximate surface area is 123 Å². The van der Waals surface area contributed by atoms with Crippen molar-refractivity contribution in [2.24, 2.45) is 0 Å². The zero-order chi connectivity index (χ0) is 14.8. The van der Waals surface area contributed by atoms with E-state index in [1.54, 1.807) is 6.20 Å². The summed E-state index contributed by atoms with van der Waals surface area (Å²) in [5.74, 6) is 2.81. The Kier molecular flexibility index (Phi) is 3.51. The molecule has 1 aliphatic rings. The number of nitrogens with zero attached hydrogens (tertiary/aromatic N) is 2. The summed E-state index contributed by atoms with van der Waals surface area (Å²) < 4.78 is 10.9. The second-order valence-electron chi connectivity index (χ2n) is 5.19. The summed E-state index contributed by atoms with van der Waals surface area (Å²) >= 11 is 0. The van der Waals surface area contributed by atoms with Gasteiger partial charge in [-0.1, -0.05) is 6.07 Å². The van der Waals surface area contributed by atoms with Crippen molar-refractivity contribution >= 4 is 17.5 Å². The molecule has 110 valence electrons. The number of hydrogen-bond donors (Lipinski definition) is 2. The lowest BCUT2D eigenvalue weighted by molar-refractivity contribution is 0.174. The van der Waals surface area contributed by atoms with Gasteiger partial charge in [-0.25, -0.2) is 4.98 Å². The van der Waals surface area contributed by atoms with Crippen LogP contribution in [0.1, 0.15) is 19.4 Å². The maximum absolute atomic E-state index is 5.49. The fraction of sp³-hybridized carbons (Fsp3) is 0.333. The van der Waals surface area contributed by atoms with Crippen molar-refractivity contribution in [2.45, 2.75) is 26.8 Å². The summed E-state index contributed by atoms with van der Waals surface area (Å²) in [6.07, 6.45) is 1.79. The lowest BCUT2D eigenvalue weighted by Gasteiger charge is -2.13. The maximum Gasteiger partial charge on any atom is 0.231 e. The number of fused-ring (bicyclic) bond motifs is 1. The molecule has 2 aromatic rings. The molecule has 6 heteroatoms. The second-order valence-corrected chi connectivity index (χ2v) is 5.19. The Bertz CT molecular complexity index is 658. The van der Waals surface area contributed by atoms with Crippen LogP contribution in [0.5, 0.6) is 11.5 Å². The summed E-state index contributed by atoms with van der Waals surface area (Å²) in [6.45, 7) is 6.30. The van der Waals surface area contributed by atoms with Crippen LogP contribution in [0.15, 0.2) is 24.4 Å². The summed E-state index contributed by atoms with van der Waals surface area (Å²) in [4.78, 5) is 8.78. The van der Waals surface area contributed by atoms with Crippen LogP contribution >= 0.6 is 0 Å². The van der Waals surface area contributed by atoms with Crippen LogP contribution < -0.4 is 20.1 Å². The van der Waals surface area contributed by atoms with Crippen molar-refractivity contribution in [1.29, 1.82) is 0 Å². The first-order chi connectivity index (χ1) is 10.1. The normalized spacial score (nSPS) is 12.6. The minimum absolute atomic E-state index is 0.247. The van der Waals surface area contributed by atoms with Gasteiger partial charge in [-0.2, -0.15) is 4.98 Å². The van der Waals surface area contributed by atoms with Crippen molar-refractivity contribution in [3.05, 3.63) is 30.0 Å². The molecule has 1 aromatic carbocycles. The maximum atomic E-state index is 5.49. The number of hydrogen-bond acceptors (Lipinski definition) is 6. The van der Waals surface area contributed by atoms with E-state index in [0.717, 1.165) is 22.8 Å². The van der Waals surface area contributed by atoms with Gasteiger partial charge >= 0.3 is 0 Å². The standard InChI is InChI=1S/C15H18N4O2/c1-9(2)17-15-16-7-10(3)14(19-15)18-11-5-4-6-12-13(11)21-8-20-12/h4-7,9H,8H2,1-3H3,(H2,16,17,18,19). The number of ether oxygens (including phenoxy) is 2. The molecule has 2 heterocycles. The number of nitrogens with one attached hydrogen (secondary N) is 2. The lowest BCUT2D eigenvalue weighted by Crippen LogP contribution is -2.13. The van der Waals surface area contributed by atoms with Gasteiger partial charge in [-0.3, -0.25) is 0 Å². The molecule has 0 amide bonds. The average Bonchev–Trinajstić information content (AvgIpc) is 2.91. The molecule has 1 aliphatic heterocycles. The molecule has 1 aromatic heterocycles. The monoisotopic (exact) mass is 286 g/mol. The molecule has 0 bridgehead atoms. The van der Waals surface area contributed by atoms with Crippen LogP contribution in [0.2, 0.25) is 0 Å². The molecule has 0 radical (unpaired) electrons. The third-order valence-electron chi connectivity index (χ3n) is 3.04. The number of aromatic nitrogens is 2. The van der Waals surface area contributed by atoms with E-state index in [1.807, 2.05) is 39.0 Å². The molecule has 0 unspecified atom stereocenters. The third kappa shape index (κ3) is 2.84. The first kappa shape index (κ1) is 13.5. The molecule has 2 N–H and O–H groups in total. The zero-order valence-corrected chi connectivity index (χ0v) is 12.3. The van der Waals surface area contributed by atoms with Crippen LogP contribution in [0.25, 0.3) is 0 Å². The molecule has 0 fully saturated rings. The van der Waals surface area contributed by atoms with E-state index in [2.05, 4.69) is 20.6 Å². The minimum Gasteiger partial charge on any atom is -0.454 e. The Morgan fingerprint density at radius 3 is 2.90 bits per heavy atom. The lowest BCUT2D eigenvalue weighted by atomic mass is 10.2. The molecule has 3 rings (SSSR count). The molecule has 21 heavy (non-hydrogen) atoms. The highest BCUT2D eigenvalue weighted by Crippen LogP contribution is 2.40. The average molecular weight is 286 g/mol. The van der Waals surface area contributed by atoms with E-state index in [-0.39, 0.29) is 12.8 Å². The third-order valence-corrected chi connectivity index (χ3v) is 3.04. The van der Waals surface area contributed by atoms with Crippen LogP contribution in [-0.2, 0) is 0 Å². The first-order valence-electron chi connectivity index (χ1n) is 6.89. The van der Waals surface area contributed by atoms with Crippen LogP contribution in [0, 0.1) is 6.92 Å². The van der Waals surface area contributed by atoms with Gasteiger partial charge in [0.1, 0.15) is 5.82 Å². The summed E-state index contributed by atoms with van der Waals surface area (Å²) in [7, 11) is 0. The van der Waals surface area contributed by atoms with Gasteiger partial charge in [0.2, 0.25) is 12.7 Å². The predicted octanol–water partition coefficient (Wildman–Crippen LogP) is 3.08. The van der Waals surface area contributed by atoms with Crippen molar-refractivity contribution in [3.8, 4) is 11.5 Å². The predicted molar refractivity (Wildman–Crippen MR) is 81.4 cm³/mol. The highest BCUT2D eigenvalue weighted by Gasteiger charge is 2.18. The molecule has 6 nitrogen and oxygen atoms in total. The van der Waals surface area contributed by atoms with Crippen molar-refractivity contribution < 1.29 is 9.47 Å². The molecule has 0 saturated heterocycles. The molecular formula is C15H18N4O2. The highest BCUT2D eigenvalue weighted by atomic mass is 16.7. The van der Waals surface area contributed by atoms with Crippen molar-refractivity contribution in [1.82, 2.24) is 9.97 Å². The number of aryl methyl sites for hydroxylation is 1. The minimum atomic E-state index is 0.247. The van der Waals surface area contributed by atoms with E-state index in [0.29, 0.717) is 11.7 Å². The number of rotatable bonds is 4. The Balaban J connectivity index is 1.89. The smallest absolute Gasteiger partial charge is 0.231 e. The van der Waals surface area contributed by atoms with E-state index in [1.165, 1.54) is 0 Å². The van der Waals surface area contributed by atoms with Gasteiger partial charge in [0, 0.05) is 17.8 Å². The van der Waals surface area contributed by atoms with E-state index in [9.17, 15) is 0 Å².